The standard InChI is InChI=1S/C19H26N2O3/c1-13(2)24-19(22)9-16-10-20(3)18-8-15-12-21(5-6-23-4)11-14(15)7-17(16)18/h7-8,10,13H,5-6,9,11-12H2,1-4H3. The van der Waals surface area contributed by atoms with Crippen LogP contribution in [0.3, 0.4) is 0 Å². The van der Waals surface area contributed by atoms with Crippen LogP contribution in [0.15, 0.2) is 18.3 Å². The second-order valence-corrected chi connectivity index (χ2v) is 6.82. The number of fused-ring (bicyclic) bond motifs is 2. The summed E-state index contributed by atoms with van der Waals surface area (Å²) in [4.78, 5) is 14.4. The van der Waals surface area contributed by atoms with Crippen molar-refractivity contribution in [2.75, 3.05) is 20.3 Å². The molecule has 0 bridgehead atoms. The van der Waals surface area contributed by atoms with E-state index in [1.54, 1.807) is 7.11 Å². The fourth-order valence-corrected chi connectivity index (χ4v) is 3.41. The predicted octanol–water partition coefficient (Wildman–Crippen LogP) is 2.63. The van der Waals surface area contributed by atoms with Crippen LogP contribution >= 0.6 is 0 Å². The van der Waals surface area contributed by atoms with E-state index in [1.165, 1.54) is 16.6 Å². The van der Waals surface area contributed by atoms with Gasteiger partial charge in [0.15, 0.2) is 0 Å². The Labute approximate surface area is 143 Å². The Morgan fingerprint density at radius 1 is 1.25 bits per heavy atom. The van der Waals surface area contributed by atoms with Crippen LogP contribution in [0.25, 0.3) is 10.9 Å². The molecule has 5 heteroatoms. The Morgan fingerprint density at radius 3 is 2.62 bits per heavy atom. The van der Waals surface area contributed by atoms with Gasteiger partial charge < -0.3 is 14.0 Å². The van der Waals surface area contributed by atoms with Crippen molar-refractivity contribution in [3.05, 3.63) is 35.0 Å². The molecule has 1 aliphatic heterocycles. The summed E-state index contributed by atoms with van der Waals surface area (Å²) in [6, 6.07) is 4.50. The molecule has 5 nitrogen and oxygen atoms in total. The number of rotatable bonds is 6. The van der Waals surface area contributed by atoms with Crippen molar-refractivity contribution in [3.8, 4) is 0 Å². The summed E-state index contributed by atoms with van der Waals surface area (Å²) in [5, 5.41) is 1.16. The fraction of sp³-hybridized carbons (Fsp3) is 0.526. The van der Waals surface area contributed by atoms with Gasteiger partial charge in [-0.1, -0.05) is 0 Å². The first-order valence-electron chi connectivity index (χ1n) is 8.48. The number of carbonyl (C=O) groups excluding carboxylic acids is 1. The predicted molar refractivity (Wildman–Crippen MR) is 93.8 cm³/mol. The quantitative estimate of drug-likeness (QED) is 0.764. The highest BCUT2D eigenvalue weighted by molar-refractivity contribution is 5.89. The van der Waals surface area contributed by atoms with E-state index in [9.17, 15) is 4.79 Å². The van der Waals surface area contributed by atoms with Gasteiger partial charge in [0, 0.05) is 50.9 Å². The SMILES string of the molecule is COCCN1Cc2cc3c(CC(=O)OC(C)C)cn(C)c3cc2C1. The number of aromatic nitrogens is 1. The Balaban J connectivity index is 1.85. The van der Waals surface area contributed by atoms with Crippen molar-refractivity contribution in [2.45, 2.75) is 39.5 Å². The van der Waals surface area contributed by atoms with Crippen LogP contribution < -0.4 is 0 Å². The van der Waals surface area contributed by atoms with E-state index in [0.29, 0.717) is 6.42 Å². The maximum absolute atomic E-state index is 12.0. The number of nitrogens with zero attached hydrogens (tertiary/aromatic N) is 2. The van der Waals surface area contributed by atoms with Gasteiger partial charge in [0.05, 0.1) is 19.1 Å². The summed E-state index contributed by atoms with van der Waals surface area (Å²) in [7, 11) is 3.77. The van der Waals surface area contributed by atoms with E-state index in [0.717, 1.165) is 37.2 Å². The third-order valence-corrected chi connectivity index (χ3v) is 4.49. The van der Waals surface area contributed by atoms with E-state index < -0.39 is 0 Å². The molecule has 1 aliphatic rings. The molecule has 3 rings (SSSR count). The van der Waals surface area contributed by atoms with E-state index in [-0.39, 0.29) is 12.1 Å². The summed E-state index contributed by atoms with van der Waals surface area (Å²) in [5.41, 5.74) is 4.94. The highest BCUT2D eigenvalue weighted by Crippen LogP contribution is 2.30. The van der Waals surface area contributed by atoms with Gasteiger partial charge in [-0.3, -0.25) is 9.69 Å². The third kappa shape index (κ3) is 3.47. The lowest BCUT2D eigenvalue weighted by Gasteiger charge is -2.13. The lowest BCUT2D eigenvalue weighted by atomic mass is 10.0. The molecule has 1 aromatic carbocycles. The Bertz CT molecular complexity index is 749. The van der Waals surface area contributed by atoms with Crippen molar-refractivity contribution >= 4 is 16.9 Å². The molecule has 0 saturated heterocycles. The normalized spacial score (nSPS) is 14.5. The van der Waals surface area contributed by atoms with E-state index in [1.807, 2.05) is 27.1 Å². The van der Waals surface area contributed by atoms with Crippen molar-refractivity contribution in [3.63, 3.8) is 0 Å². The van der Waals surface area contributed by atoms with Gasteiger partial charge in [-0.2, -0.15) is 0 Å². The van der Waals surface area contributed by atoms with Crippen LogP contribution in [0.5, 0.6) is 0 Å². The zero-order valence-electron chi connectivity index (χ0n) is 15.0. The van der Waals surface area contributed by atoms with Crippen LogP contribution in [0.1, 0.15) is 30.5 Å². The number of hydrogen-bond donors (Lipinski definition) is 0. The molecular formula is C19H26N2O3. The monoisotopic (exact) mass is 330 g/mol. The van der Waals surface area contributed by atoms with E-state index in [4.69, 9.17) is 9.47 Å². The van der Waals surface area contributed by atoms with Gasteiger partial charge in [0.1, 0.15) is 0 Å². The smallest absolute Gasteiger partial charge is 0.310 e. The van der Waals surface area contributed by atoms with Crippen LogP contribution in [-0.4, -0.2) is 41.8 Å². The maximum Gasteiger partial charge on any atom is 0.310 e. The lowest BCUT2D eigenvalue weighted by molar-refractivity contribution is -0.146. The summed E-state index contributed by atoms with van der Waals surface area (Å²) in [6.45, 7) is 7.35. The molecule has 2 heterocycles. The third-order valence-electron chi connectivity index (χ3n) is 4.49. The molecule has 2 aromatic rings. The number of methoxy groups -OCH3 is 1. The molecule has 0 fully saturated rings. The van der Waals surface area contributed by atoms with E-state index in [2.05, 4.69) is 21.6 Å². The largest absolute Gasteiger partial charge is 0.463 e. The molecule has 0 aliphatic carbocycles. The molecule has 0 N–H and O–H groups in total. The highest BCUT2D eigenvalue weighted by Gasteiger charge is 2.21. The minimum absolute atomic E-state index is 0.0777. The first-order valence-corrected chi connectivity index (χ1v) is 8.48. The van der Waals surface area contributed by atoms with Gasteiger partial charge in [0.25, 0.3) is 0 Å². The number of esters is 1. The van der Waals surface area contributed by atoms with Crippen LogP contribution in [0.4, 0.5) is 0 Å². The summed E-state index contributed by atoms with van der Waals surface area (Å²) in [5.74, 6) is -0.167. The summed E-state index contributed by atoms with van der Waals surface area (Å²) in [6.07, 6.45) is 2.29. The second kappa shape index (κ2) is 6.95. The van der Waals surface area contributed by atoms with Crippen molar-refractivity contribution in [2.24, 2.45) is 7.05 Å². The molecular weight excluding hydrogens is 304 g/mol. The molecule has 0 unspecified atom stereocenters. The molecule has 0 spiro atoms. The zero-order valence-corrected chi connectivity index (χ0v) is 15.0. The van der Waals surface area contributed by atoms with Gasteiger partial charge in [-0.15, -0.1) is 0 Å². The van der Waals surface area contributed by atoms with Crippen LogP contribution in [-0.2, 0) is 40.8 Å². The Hall–Kier alpha value is -1.85. The van der Waals surface area contributed by atoms with Gasteiger partial charge in [-0.25, -0.2) is 0 Å². The molecule has 130 valence electrons. The second-order valence-electron chi connectivity index (χ2n) is 6.82. The topological polar surface area (TPSA) is 43.7 Å². The highest BCUT2D eigenvalue weighted by atomic mass is 16.5. The average Bonchev–Trinajstić information content (AvgIpc) is 3.03. The maximum atomic E-state index is 12.0. The molecule has 0 atom stereocenters. The average molecular weight is 330 g/mol. The van der Waals surface area contributed by atoms with Crippen molar-refractivity contribution in [1.29, 1.82) is 0 Å². The van der Waals surface area contributed by atoms with Gasteiger partial charge in [-0.05, 0) is 42.7 Å². The number of benzene rings is 1. The van der Waals surface area contributed by atoms with Crippen LogP contribution in [0, 0.1) is 0 Å². The van der Waals surface area contributed by atoms with Crippen LogP contribution in [0.2, 0.25) is 0 Å². The molecule has 0 saturated carbocycles. The van der Waals surface area contributed by atoms with Crippen molar-refractivity contribution in [1.82, 2.24) is 9.47 Å². The summed E-state index contributed by atoms with van der Waals surface area (Å²) >= 11 is 0. The number of ether oxygens (including phenoxy) is 2. The lowest BCUT2D eigenvalue weighted by Crippen LogP contribution is -2.21. The molecule has 1 aromatic heterocycles. The molecule has 24 heavy (non-hydrogen) atoms. The molecule has 0 amide bonds. The summed E-state index contributed by atoms with van der Waals surface area (Å²) < 4.78 is 12.6. The Kier molecular flexibility index (Phi) is 4.92. The number of aryl methyl sites for hydroxylation is 1. The van der Waals surface area contributed by atoms with Crippen molar-refractivity contribution < 1.29 is 14.3 Å². The number of carbonyl (C=O) groups is 1. The van der Waals surface area contributed by atoms with Gasteiger partial charge >= 0.3 is 5.97 Å². The fourth-order valence-electron chi connectivity index (χ4n) is 3.41. The first kappa shape index (κ1) is 17.0. The minimum Gasteiger partial charge on any atom is -0.463 e. The Morgan fingerprint density at radius 2 is 1.96 bits per heavy atom. The number of hydrogen-bond acceptors (Lipinski definition) is 4. The molecule has 0 radical (unpaired) electrons. The zero-order chi connectivity index (χ0) is 17.3. The van der Waals surface area contributed by atoms with Gasteiger partial charge in [0.2, 0.25) is 0 Å². The van der Waals surface area contributed by atoms with E-state index >= 15 is 0 Å². The first-order chi connectivity index (χ1) is 11.5. The minimum atomic E-state index is -0.167.